The molecule has 202 valence electrons. The highest BCUT2D eigenvalue weighted by molar-refractivity contribution is 7.90. The third kappa shape index (κ3) is 5.16. The summed E-state index contributed by atoms with van der Waals surface area (Å²) in [5.74, 6) is 0.231. The van der Waals surface area contributed by atoms with Gasteiger partial charge in [-0.05, 0) is 85.1 Å². The van der Waals surface area contributed by atoms with E-state index in [0.717, 1.165) is 23.6 Å². The molecule has 0 fully saturated rings. The molecule has 1 aliphatic heterocycles. The number of aryl methyl sites for hydroxylation is 1. The van der Waals surface area contributed by atoms with Crippen LogP contribution in [0.25, 0.3) is 16.8 Å². The average Bonchev–Trinajstić information content (AvgIpc) is 3.46. The lowest BCUT2D eigenvalue weighted by Crippen LogP contribution is -2.15. The molecule has 0 saturated heterocycles. The molecule has 0 spiro atoms. The summed E-state index contributed by atoms with van der Waals surface area (Å²) in [5.41, 5.74) is 2.52. The summed E-state index contributed by atoms with van der Waals surface area (Å²) in [4.78, 5) is 13.2. The molecule has 1 aliphatic rings. The molecular weight excluding hydrogens is 529 g/mol. The van der Waals surface area contributed by atoms with E-state index in [1.54, 1.807) is 32.0 Å². The van der Waals surface area contributed by atoms with Gasteiger partial charge in [0.2, 0.25) is 0 Å². The minimum Gasteiger partial charge on any atom is -0.493 e. The van der Waals surface area contributed by atoms with E-state index in [4.69, 9.17) is 4.74 Å². The Morgan fingerprint density at radius 1 is 0.949 bits per heavy atom. The summed E-state index contributed by atoms with van der Waals surface area (Å²) >= 11 is 0. The lowest BCUT2D eigenvalue weighted by molar-refractivity contribution is -0.137. The van der Waals surface area contributed by atoms with Gasteiger partial charge in [0, 0.05) is 29.8 Å². The van der Waals surface area contributed by atoms with Crippen molar-refractivity contribution in [1.29, 1.82) is 0 Å². The molecule has 1 N–H and O–H groups in total. The second-order valence-electron chi connectivity index (χ2n) is 9.52. The fourth-order valence-electron chi connectivity index (χ4n) is 4.85. The molecule has 0 aliphatic carbocycles. The number of ether oxygens (including phenoxy) is 1. The largest absolute Gasteiger partial charge is 0.493 e. The predicted molar refractivity (Wildman–Crippen MR) is 142 cm³/mol. The highest BCUT2D eigenvalue weighted by Crippen LogP contribution is 2.39. The molecule has 0 atom stereocenters. The molecule has 0 saturated carbocycles. The number of hydrogen-bond donors (Lipinski definition) is 1. The van der Waals surface area contributed by atoms with Gasteiger partial charge in [-0.2, -0.15) is 13.2 Å². The van der Waals surface area contributed by atoms with E-state index < -0.39 is 27.5 Å². The van der Waals surface area contributed by atoms with Crippen LogP contribution in [0.15, 0.2) is 71.6 Å². The molecule has 1 amide bonds. The number of carbonyl (C=O) groups is 1. The molecule has 2 heterocycles. The van der Waals surface area contributed by atoms with Crippen molar-refractivity contribution in [3.8, 4) is 22.6 Å². The van der Waals surface area contributed by atoms with Gasteiger partial charge in [-0.3, -0.25) is 4.79 Å². The summed E-state index contributed by atoms with van der Waals surface area (Å²) in [5, 5.41) is 2.69. The van der Waals surface area contributed by atoms with Crippen molar-refractivity contribution < 1.29 is 31.1 Å². The second kappa shape index (κ2) is 9.60. The minimum absolute atomic E-state index is 0.0812. The summed E-state index contributed by atoms with van der Waals surface area (Å²) < 4.78 is 73.3. The highest BCUT2D eigenvalue weighted by atomic mass is 32.2. The number of alkyl halides is 3. The molecule has 0 unspecified atom stereocenters. The van der Waals surface area contributed by atoms with Crippen molar-refractivity contribution in [3.05, 3.63) is 94.8 Å². The quantitative estimate of drug-likeness (QED) is 0.311. The lowest BCUT2D eigenvalue weighted by Gasteiger charge is -2.18. The number of nitrogens with zero attached hydrogens (tertiary/aromatic N) is 1. The van der Waals surface area contributed by atoms with Gasteiger partial charge < -0.3 is 14.6 Å². The number of benzene rings is 3. The van der Waals surface area contributed by atoms with Crippen LogP contribution in [0.3, 0.4) is 0 Å². The maximum atomic E-state index is 14.3. The molecular formula is C29H25F3N2O4S. The van der Waals surface area contributed by atoms with Gasteiger partial charge in [0.1, 0.15) is 5.75 Å². The molecule has 1 aromatic heterocycles. The number of sulfone groups is 1. The van der Waals surface area contributed by atoms with Crippen LogP contribution in [-0.4, -0.2) is 31.8 Å². The molecule has 6 nitrogen and oxygen atoms in total. The minimum atomic E-state index is -4.64. The Morgan fingerprint density at radius 2 is 1.62 bits per heavy atom. The lowest BCUT2D eigenvalue weighted by atomic mass is 9.98. The van der Waals surface area contributed by atoms with Gasteiger partial charge in [0.05, 0.1) is 28.3 Å². The Morgan fingerprint density at radius 3 is 2.28 bits per heavy atom. The van der Waals surface area contributed by atoms with E-state index in [1.807, 2.05) is 6.07 Å². The number of hydrogen-bond acceptors (Lipinski definition) is 4. The smallest absolute Gasteiger partial charge is 0.418 e. The van der Waals surface area contributed by atoms with Crippen molar-refractivity contribution in [2.24, 2.45) is 0 Å². The first kappa shape index (κ1) is 26.6. The molecule has 39 heavy (non-hydrogen) atoms. The Labute approximate surface area is 224 Å². The number of nitrogens with one attached hydrogen (secondary N) is 1. The fourth-order valence-corrected chi connectivity index (χ4v) is 5.48. The van der Waals surface area contributed by atoms with Gasteiger partial charge in [-0.15, -0.1) is 0 Å². The zero-order valence-electron chi connectivity index (χ0n) is 21.4. The third-order valence-electron chi connectivity index (χ3n) is 6.78. The number of aromatic nitrogens is 1. The zero-order valence-corrected chi connectivity index (χ0v) is 22.2. The van der Waals surface area contributed by atoms with E-state index >= 15 is 0 Å². The van der Waals surface area contributed by atoms with Crippen LogP contribution in [0.5, 0.6) is 5.75 Å². The van der Waals surface area contributed by atoms with Crippen molar-refractivity contribution in [1.82, 2.24) is 4.57 Å². The van der Waals surface area contributed by atoms with E-state index in [1.165, 1.54) is 41.0 Å². The van der Waals surface area contributed by atoms with Gasteiger partial charge in [0.15, 0.2) is 9.84 Å². The molecule has 10 heteroatoms. The normalized spacial score (nSPS) is 13.2. The zero-order chi connectivity index (χ0) is 28.1. The number of fused-ring (bicyclic) bond motifs is 1. The Balaban J connectivity index is 1.50. The maximum Gasteiger partial charge on any atom is 0.418 e. The summed E-state index contributed by atoms with van der Waals surface area (Å²) in [6.07, 6.45) is -2.85. The predicted octanol–water partition coefficient (Wildman–Crippen LogP) is 6.37. The van der Waals surface area contributed by atoms with Crippen LogP contribution in [0.1, 0.15) is 32.9 Å². The number of anilines is 1. The summed E-state index contributed by atoms with van der Waals surface area (Å²) in [6.45, 7) is 3.78. The summed E-state index contributed by atoms with van der Waals surface area (Å²) in [6, 6.07) is 16.8. The molecule has 4 aromatic rings. The first-order valence-corrected chi connectivity index (χ1v) is 14.0. The standard InChI is InChI=1S/C29H25F3N2O4S/c1-17-14-24(28(35)33-22-6-8-23(9-7-22)39(3,36)37)18(2)34(17)26-10-4-20(16-25(26)29(30,31)32)19-5-11-27-21(15-19)12-13-38-27/h4-11,14-16H,12-13H2,1-3H3,(H,33,35). The van der Waals surface area contributed by atoms with Gasteiger partial charge in [0.25, 0.3) is 5.91 Å². The van der Waals surface area contributed by atoms with Crippen molar-refractivity contribution in [2.75, 3.05) is 18.2 Å². The van der Waals surface area contributed by atoms with Crippen LogP contribution in [0.4, 0.5) is 18.9 Å². The highest BCUT2D eigenvalue weighted by Gasteiger charge is 2.35. The third-order valence-corrected chi connectivity index (χ3v) is 7.91. The van der Waals surface area contributed by atoms with Crippen molar-refractivity contribution >= 4 is 21.4 Å². The van der Waals surface area contributed by atoms with E-state index in [2.05, 4.69) is 5.32 Å². The Bertz CT molecular complexity index is 1710. The molecule has 0 radical (unpaired) electrons. The number of halogens is 3. The van der Waals surface area contributed by atoms with Crippen molar-refractivity contribution in [2.45, 2.75) is 31.3 Å². The fraction of sp³-hybridized carbons (Fsp3) is 0.207. The van der Waals surface area contributed by atoms with Gasteiger partial charge in [-0.1, -0.05) is 12.1 Å². The van der Waals surface area contributed by atoms with E-state index in [9.17, 15) is 26.4 Å². The average molecular weight is 555 g/mol. The van der Waals surface area contributed by atoms with Crippen LogP contribution < -0.4 is 10.1 Å². The summed E-state index contributed by atoms with van der Waals surface area (Å²) in [7, 11) is -3.39. The monoisotopic (exact) mass is 554 g/mol. The first-order chi connectivity index (χ1) is 18.3. The van der Waals surface area contributed by atoms with Crippen LogP contribution in [-0.2, 0) is 22.4 Å². The van der Waals surface area contributed by atoms with Crippen molar-refractivity contribution in [3.63, 3.8) is 0 Å². The van der Waals surface area contributed by atoms with Crippen LogP contribution in [0, 0.1) is 13.8 Å². The topological polar surface area (TPSA) is 77.4 Å². The first-order valence-electron chi connectivity index (χ1n) is 12.1. The number of carbonyl (C=O) groups excluding carboxylic acids is 1. The van der Waals surface area contributed by atoms with E-state index in [0.29, 0.717) is 41.2 Å². The van der Waals surface area contributed by atoms with Crippen LogP contribution >= 0.6 is 0 Å². The number of rotatable bonds is 5. The van der Waals surface area contributed by atoms with E-state index in [-0.39, 0.29) is 16.1 Å². The Hall–Kier alpha value is -4.05. The van der Waals surface area contributed by atoms with Crippen LogP contribution in [0.2, 0.25) is 0 Å². The van der Waals surface area contributed by atoms with Gasteiger partial charge >= 0.3 is 6.18 Å². The maximum absolute atomic E-state index is 14.3. The molecule has 0 bridgehead atoms. The number of amides is 1. The molecule has 3 aromatic carbocycles. The SMILES string of the molecule is Cc1cc(C(=O)Nc2ccc(S(C)(=O)=O)cc2)c(C)n1-c1ccc(-c2ccc3c(c2)CCO3)cc1C(F)(F)F. The molecule has 5 rings (SSSR count). The Kier molecular flexibility index (Phi) is 6.54. The second-order valence-corrected chi connectivity index (χ2v) is 11.5. The van der Waals surface area contributed by atoms with Gasteiger partial charge in [-0.25, -0.2) is 8.42 Å².